The van der Waals surface area contributed by atoms with Gasteiger partial charge in [0, 0.05) is 32.1 Å². The number of rotatable bonds is 4. The molecule has 0 unspecified atom stereocenters. The summed E-state index contributed by atoms with van der Waals surface area (Å²) in [5, 5.41) is 6.25. The Balaban J connectivity index is 1.54. The van der Waals surface area contributed by atoms with Crippen molar-refractivity contribution in [2.24, 2.45) is 13.0 Å². The van der Waals surface area contributed by atoms with Crippen LogP contribution in [0.15, 0.2) is 12.4 Å². The molecular formula is C17H28N4O2. The van der Waals surface area contributed by atoms with E-state index in [0.29, 0.717) is 12.6 Å². The third kappa shape index (κ3) is 3.86. The van der Waals surface area contributed by atoms with Crippen molar-refractivity contribution < 1.29 is 9.53 Å². The minimum absolute atomic E-state index is 0.0123. The predicted octanol–water partition coefficient (Wildman–Crippen LogP) is 2.52. The minimum atomic E-state index is -0.157. The third-order valence-corrected chi connectivity index (χ3v) is 5.22. The van der Waals surface area contributed by atoms with Gasteiger partial charge in [0.2, 0.25) is 0 Å². The van der Waals surface area contributed by atoms with Gasteiger partial charge in [-0.25, -0.2) is 9.78 Å². The van der Waals surface area contributed by atoms with E-state index in [2.05, 4.69) is 22.5 Å². The average molecular weight is 320 g/mol. The smallest absolute Gasteiger partial charge is 0.315 e. The minimum Gasteiger partial charge on any atom is -0.368 e. The van der Waals surface area contributed by atoms with Crippen LogP contribution in [0, 0.1) is 5.92 Å². The van der Waals surface area contributed by atoms with Gasteiger partial charge in [0.15, 0.2) is 0 Å². The number of nitrogens with one attached hydrogen (secondary N) is 2. The van der Waals surface area contributed by atoms with E-state index >= 15 is 0 Å². The molecule has 4 atom stereocenters. The number of imidazole rings is 1. The molecule has 1 saturated carbocycles. The van der Waals surface area contributed by atoms with Crippen LogP contribution in [0.25, 0.3) is 0 Å². The molecule has 6 nitrogen and oxygen atoms in total. The first-order valence-corrected chi connectivity index (χ1v) is 8.83. The van der Waals surface area contributed by atoms with Crippen LogP contribution in [0.4, 0.5) is 4.79 Å². The first-order chi connectivity index (χ1) is 11.2. The number of carbonyl (C=O) groups is 1. The van der Waals surface area contributed by atoms with Crippen LogP contribution in [-0.2, 0) is 11.8 Å². The van der Waals surface area contributed by atoms with Gasteiger partial charge < -0.3 is 19.9 Å². The lowest BCUT2D eigenvalue weighted by Gasteiger charge is -2.30. The third-order valence-electron chi connectivity index (χ3n) is 5.22. The highest BCUT2D eigenvalue weighted by Gasteiger charge is 2.34. The van der Waals surface area contributed by atoms with Crippen LogP contribution in [0.5, 0.6) is 0 Å². The molecule has 1 saturated heterocycles. The van der Waals surface area contributed by atoms with Crippen molar-refractivity contribution in [1.29, 1.82) is 0 Å². The zero-order chi connectivity index (χ0) is 16.2. The Hall–Kier alpha value is -1.56. The Kier molecular flexibility index (Phi) is 5.20. The molecule has 1 aliphatic carbocycles. The zero-order valence-electron chi connectivity index (χ0n) is 14.1. The van der Waals surface area contributed by atoms with Gasteiger partial charge in [-0.3, -0.25) is 0 Å². The van der Waals surface area contributed by atoms with E-state index in [1.165, 1.54) is 19.3 Å². The van der Waals surface area contributed by atoms with Crippen molar-refractivity contribution >= 4 is 6.03 Å². The van der Waals surface area contributed by atoms with Gasteiger partial charge in [-0.1, -0.05) is 26.2 Å². The van der Waals surface area contributed by atoms with Crippen LogP contribution in [-0.4, -0.2) is 34.3 Å². The lowest BCUT2D eigenvalue weighted by Crippen LogP contribution is -2.48. The highest BCUT2D eigenvalue weighted by atomic mass is 16.5. The first kappa shape index (κ1) is 16.3. The molecule has 0 aromatic carbocycles. The maximum absolute atomic E-state index is 12.4. The van der Waals surface area contributed by atoms with E-state index in [4.69, 9.17) is 4.74 Å². The Morgan fingerprint density at radius 1 is 1.39 bits per heavy atom. The molecule has 0 spiro atoms. The number of hydrogen-bond acceptors (Lipinski definition) is 3. The molecule has 3 rings (SSSR count). The summed E-state index contributed by atoms with van der Waals surface area (Å²) in [5.74, 6) is 1.63. The van der Waals surface area contributed by atoms with Crippen LogP contribution in [0.1, 0.15) is 57.4 Å². The molecule has 2 fully saturated rings. The van der Waals surface area contributed by atoms with E-state index in [9.17, 15) is 4.79 Å². The fourth-order valence-electron chi connectivity index (χ4n) is 3.83. The summed E-state index contributed by atoms with van der Waals surface area (Å²) < 4.78 is 7.74. The van der Waals surface area contributed by atoms with Gasteiger partial charge in [-0.05, 0) is 25.2 Å². The van der Waals surface area contributed by atoms with Crippen LogP contribution >= 0.6 is 0 Å². The fraction of sp³-hybridized carbons (Fsp3) is 0.765. The molecule has 2 heterocycles. The van der Waals surface area contributed by atoms with Crippen molar-refractivity contribution in [3.63, 3.8) is 0 Å². The number of amides is 2. The molecule has 2 N–H and O–H groups in total. The number of urea groups is 1. The summed E-state index contributed by atoms with van der Waals surface area (Å²) in [6.45, 7) is 2.89. The van der Waals surface area contributed by atoms with E-state index in [1.807, 2.05) is 17.8 Å². The van der Waals surface area contributed by atoms with Crippen LogP contribution in [0.3, 0.4) is 0 Å². The molecule has 23 heavy (non-hydrogen) atoms. The molecule has 1 aromatic heterocycles. The molecule has 1 aromatic rings. The monoisotopic (exact) mass is 320 g/mol. The summed E-state index contributed by atoms with van der Waals surface area (Å²) in [5.41, 5.74) is 0. The van der Waals surface area contributed by atoms with Crippen molar-refractivity contribution in [2.45, 2.75) is 63.6 Å². The summed E-state index contributed by atoms with van der Waals surface area (Å²) in [6.07, 6.45) is 10.3. The summed E-state index contributed by atoms with van der Waals surface area (Å²) in [7, 11) is 1.95. The number of hydrogen-bond donors (Lipinski definition) is 2. The Morgan fingerprint density at radius 2 is 2.26 bits per heavy atom. The average Bonchev–Trinajstić information content (AvgIpc) is 3.15. The molecule has 2 aliphatic rings. The first-order valence-electron chi connectivity index (χ1n) is 8.83. The standard InChI is InChI=1S/C17H28N4O2/c1-3-12-5-4-6-13(11-12)19-17(22)20-14-7-10-23-15(14)16-18-8-9-21(16)2/h8-9,12-15H,3-7,10-11H2,1-2H3,(H2,19,20,22)/t12-,13-,14+,15+/m1/s1. The number of carbonyl (C=O) groups excluding carboxylic acids is 1. The van der Waals surface area contributed by atoms with Crippen molar-refractivity contribution in [3.8, 4) is 0 Å². The highest BCUT2D eigenvalue weighted by Crippen LogP contribution is 2.28. The predicted molar refractivity (Wildman–Crippen MR) is 88.0 cm³/mol. The molecule has 0 radical (unpaired) electrons. The maximum Gasteiger partial charge on any atom is 0.315 e. The SMILES string of the molecule is CC[C@@H]1CCC[C@@H](NC(=O)N[C@H]2CCO[C@@H]2c2nccn2C)C1. The van der Waals surface area contributed by atoms with E-state index in [-0.39, 0.29) is 18.2 Å². The Labute approximate surface area is 138 Å². The van der Waals surface area contributed by atoms with Gasteiger partial charge in [0.05, 0.1) is 6.04 Å². The normalized spacial score (nSPS) is 31.0. The molecule has 1 aliphatic heterocycles. The largest absolute Gasteiger partial charge is 0.368 e. The van der Waals surface area contributed by atoms with Crippen molar-refractivity contribution in [1.82, 2.24) is 20.2 Å². The number of nitrogens with zero attached hydrogens (tertiary/aromatic N) is 2. The Bertz CT molecular complexity index is 530. The van der Waals surface area contributed by atoms with Gasteiger partial charge in [-0.2, -0.15) is 0 Å². The van der Waals surface area contributed by atoms with Crippen LogP contribution < -0.4 is 10.6 Å². The molecule has 0 bridgehead atoms. The second-order valence-corrected chi connectivity index (χ2v) is 6.84. The van der Waals surface area contributed by atoms with E-state index in [0.717, 1.165) is 31.0 Å². The highest BCUT2D eigenvalue weighted by molar-refractivity contribution is 5.74. The van der Waals surface area contributed by atoms with Crippen molar-refractivity contribution in [3.05, 3.63) is 18.2 Å². The molecule has 2 amide bonds. The number of aryl methyl sites for hydroxylation is 1. The summed E-state index contributed by atoms with van der Waals surface area (Å²) in [6, 6.07) is 0.228. The quantitative estimate of drug-likeness (QED) is 0.896. The van der Waals surface area contributed by atoms with Gasteiger partial charge in [0.1, 0.15) is 11.9 Å². The van der Waals surface area contributed by atoms with Gasteiger partial charge in [0.25, 0.3) is 0 Å². The lowest BCUT2D eigenvalue weighted by atomic mass is 9.84. The Morgan fingerprint density at radius 3 is 3.00 bits per heavy atom. The summed E-state index contributed by atoms with van der Waals surface area (Å²) >= 11 is 0. The fourth-order valence-corrected chi connectivity index (χ4v) is 3.83. The number of aromatic nitrogens is 2. The zero-order valence-corrected chi connectivity index (χ0v) is 14.1. The molecule has 128 valence electrons. The molecular weight excluding hydrogens is 292 g/mol. The van der Waals surface area contributed by atoms with E-state index in [1.54, 1.807) is 6.20 Å². The maximum atomic E-state index is 12.4. The van der Waals surface area contributed by atoms with Gasteiger partial charge in [-0.15, -0.1) is 0 Å². The molecule has 6 heteroatoms. The van der Waals surface area contributed by atoms with Crippen LogP contribution in [0.2, 0.25) is 0 Å². The second-order valence-electron chi connectivity index (χ2n) is 6.84. The second kappa shape index (κ2) is 7.34. The number of ether oxygens (including phenoxy) is 1. The topological polar surface area (TPSA) is 68.2 Å². The van der Waals surface area contributed by atoms with Gasteiger partial charge >= 0.3 is 6.03 Å². The van der Waals surface area contributed by atoms with E-state index < -0.39 is 0 Å². The summed E-state index contributed by atoms with van der Waals surface area (Å²) in [4.78, 5) is 16.7. The van der Waals surface area contributed by atoms with Crippen molar-refractivity contribution in [2.75, 3.05) is 6.61 Å². The lowest BCUT2D eigenvalue weighted by molar-refractivity contribution is 0.0906.